The van der Waals surface area contributed by atoms with E-state index in [0.717, 1.165) is 6.42 Å². The Balaban J connectivity index is 1.90. The van der Waals surface area contributed by atoms with E-state index < -0.39 is 6.10 Å². The van der Waals surface area contributed by atoms with E-state index in [9.17, 15) is 14.3 Å². The maximum atomic E-state index is 12.9. The second-order valence-corrected chi connectivity index (χ2v) is 5.66. The lowest BCUT2D eigenvalue weighted by Gasteiger charge is -2.22. The zero-order valence-electron chi connectivity index (χ0n) is 12.9. The highest BCUT2D eigenvalue weighted by atomic mass is 19.1. The first-order valence-electron chi connectivity index (χ1n) is 7.54. The van der Waals surface area contributed by atoms with E-state index in [2.05, 4.69) is 5.32 Å². The van der Waals surface area contributed by atoms with Crippen LogP contribution >= 0.6 is 0 Å². The van der Waals surface area contributed by atoms with Gasteiger partial charge in [0.25, 0.3) is 5.91 Å². The number of aliphatic hydroxyl groups excluding tert-OH is 1. The van der Waals surface area contributed by atoms with Crippen LogP contribution < -0.4 is 5.32 Å². The van der Waals surface area contributed by atoms with Crippen molar-refractivity contribution >= 4 is 5.91 Å². The molecule has 2 atom stereocenters. The first kappa shape index (κ1) is 16.5. The molecule has 2 N–H and O–H groups in total. The summed E-state index contributed by atoms with van der Waals surface area (Å²) < 4.78 is 18.3. The first-order valence-corrected chi connectivity index (χ1v) is 7.54. The minimum atomic E-state index is -0.742. The zero-order chi connectivity index (χ0) is 16.1. The predicted molar refractivity (Wildman–Crippen MR) is 81.5 cm³/mol. The van der Waals surface area contributed by atoms with Gasteiger partial charge in [-0.05, 0) is 50.8 Å². The number of aliphatic hydroxyl groups is 1. The summed E-state index contributed by atoms with van der Waals surface area (Å²) in [5, 5.41) is 13.0. The molecule has 0 spiro atoms. The second kappa shape index (κ2) is 7.40. The summed E-state index contributed by atoms with van der Waals surface area (Å²) in [6.45, 7) is 4.29. The molecule has 1 aromatic rings. The standard InChI is InChI=1S/C17H22FNO3/c1-11(10-16(20)13-5-7-14(18)8-6-13)19-17(21)15-4-3-9-22-12(15)2/h5-8,11,16,20H,3-4,9-10H2,1-2H3,(H,19,21). The lowest BCUT2D eigenvalue weighted by atomic mass is 10.0. The molecule has 0 aliphatic carbocycles. The van der Waals surface area contributed by atoms with Crippen LogP contribution in [0.3, 0.4) is 0 Å². The maximum absolute atomic E-state index is 12.9. The van der Waals surface area contributed by atoms with E-state index in [-0.39, 0.29) is 17.8 Å². The van der Waals surface area contributed by atoms with Crippen molar-refractivity contribution < 1.29 is 19.0 Å². The Bertz CT molecular complexity index is 554. The molecule has 1 aliphatic heterocycles. The van der Waals surface area contributed by atoms with Crippen molar-refractivity contribution in [3.05, 3.63) is 47.0 Å². The van der Waals surface area contributed by atoms with Gasteiger partial charge in [-0.2, -0.15) is 0 Å². The molecule has 2 rings (SSSR count). The molecule has 2 unspecified atom stereocenters. The Morgan fingerprint density at radius 3 is 2.73 bits per heavy atom. The van der Waals surface area contributed by atoms with Crippen molar-refractivity contribution in [2.45, 2.75) is 45.3 Å². The summed E-state index contributed by atoms with van der Waals surface area (Å²) in [4.78, 5) is 12.2. The van der Waals surface area contributed by atoms with E-state index >= 15 is 0 Å². The van der Waals surface area contributed by atoms with Crippen LogP contribution in [0, 0.1) is 5.82 Å². The van der Waals surface area contributed by atoms with Crippen molar-refractivity contribution in [1.82, 2.24) is 5.32 Å². The van der Waals surface area contributed by atoms with Crippen LogP contribution in [0.2, 0.25) is 0 Å². The largest absolute Gasteiger partial charge is 0.498 e. The third-order valence-electron chi connectivity index (χ3n) is 3.80. The Morgan fingerprint density at radius 1 is 1.41 bits per heavy atom. The molecule has 0 fully saturated rings. The summed E-state index contributed by atoms with van der Waals surface area (Å²) in [5.41, 5.74) is 1.31. The van der Waals surface area contributed by atoms with Gasteiger partial charge in [-0.1, -0.05) is 12.1 Å². The van der Waals surface area contributed by atoms with Gasteiger partial charge in [-0.15, -0.1) is 0 Å². The fourth-order valence-electron chi connectivity index (χ4n) is 2.54. The lowest BCUT2D eigenvalue weighted by molar-refractivity contribution is -0.118. The number of nitrogens with one attached hydrogen (secondary N) is 1. The normalized spacial score (nSPS) is 17.6. The molecule has 4 nitrogen and oxygen atoms in total. The third-order valence-corrected chi connectivity index (χ3v) is 3.80. The van der Waals surface area contributed by atoms with Crippen molar-refractivity contribution in [3.63, 3.8) is 0 Å². The van der Waals surface area contributed by atoms with Crippen LogP contribution in [-0.4, -0.2) is 23.7 Å². The van der Waals surface area contributed by atoms with Crippen LogP contribution in [0.25, 0.3) is 0 Å². The number of halogens is 1. The first-order chi connectivity index (χ1) is 10.5. The van der Waals surface area contributed by atoms with Crippen LogP contribution in [0.15, 0.2) is 35.6 Å². The number of amides is 1. The Kier molecular flexibility index (Phi) is 5.55. The van der Waals surface area contributed by atoms with E-state index in [1.807, 2.05) is 6.92 Å². The lowest BCUT2D eigenvalue weighted by Crippen LogP contribution is -2.35. The van der Waals surface area contributed by atoms with Crippen molar-refractivity contribution in [2.75, 3.05) is 6.61 Å². The minimum Gasteiger partial charge on any atom is -0.498 e. The number of ether oxygens (including phenoxy) is 1. The molecule has 120 valence electrons. The van der Waals surface area contributed by atoms with Crippen LogP contribution in [0.1, 0.15) is 44.8 Å². The smallest absolute Gasteiger partial charge is 0.250 e. The van der Waals surface area contributed by atoms with Gasteiger partial charge >= 0.3 is 0 Å². The van der Waals surface area contributed by atoms with Gasteiger partial charge in [0, 0.05) is 6.04 Å². The number of hydrogen-bond donors (Lipinski definition) is 2. The van der Waals surface area contributed by atoms with E-state index in [1.54, 1.807) is 19.1 Å². The fraction of sp³-hybridized carbons (Fsp3) is 0.471. The van der Waals surface area contributed by atoms with Gasteiger partial charge in [0.1, 0.15) is 11.6 Å². The van der Waals surface area contributed by atoms with E-state index in [4.69, 9.17) is 4.74 Å². The SMILES string of the molecule is CC1=C(C(=O)NC(C)CC(O)c2ccc(F)cc2)CCCO1. The summed E-state index contributed by atoms with van der Waals surface area (Å²) in [6, 6.07) is 5.53. The molecule has 0 radical (unpaired) electrons. The molecule has 1 aliphatic rings. The second-order valence-electron chi connectivity index (χ2n) is 5.66. The molecule has 0 bridgehead atoms. The molecular weight excluding hydrogens is 285 g/mol. The predicted octanol–water partition coefficient (Wildman–Crippen LogP) is 2.84. The molecule has 22 heavy (non-hydrogen) atoms. The molecule has 1 amide bonds. The highest BCUT2D eigenvalue weighted by Crippen LogP contribution is 2.21. The summed E-state index contributed by atoms with van der Waals surface area (Å²) in [7, 11) is 0. The number of rotatable bonds is 5. The van der Waals surface area contributed by atoms with Crippen LogP contribution in [-0.2, 0) is 9.53 Å². The van der Waals surface area contributed by atoms with Crippen molar-refractivity contribution in [2.24, 2.45) is 0 Å². The Morgan fingerprint density at radius 2 is 2.09 bits per heavy atom. The van der Waals surface area contributed by atoms with Gasteiger partial charge in [0.05, 0.1) is 18.3 Å². The van der Waals surface area contributed by atoms with Crippen molar-refractivity contribution in [3.8, 4) is 0 Å². The Hall–Kier alpha value is -1.88. The summed E-state index contributed by atoms with van der Waals surface area (Å²) in [5.74, 6) is 0.197. The molecule has 0 saturated carbocycles. The summed E-state index contributed by atoms with van der Waals surface area (Å²) in [6.07, 6.45) is 1.18. The van der Waals surface area contributed by atoms with E-state index in [0.29, 0.717) is 36.3 Å². The van der Waals surface area contributed by atoms with Gasteiger partial charge in [-0.25, -0.2) is 4.39 Å². The fourth-order valence-corrected chi connectivity index (χ4v) is 2.54. The van der Waals surface area contributed by atoms with Gasteiger partial charge < -0.3 is 15.2 Å². The van der Waals surface area contributed by atoms with Gasteiger partial charge in [0.15, 0.2) is 0 Å². The highest BCUT2D eigenvalue weighted by molar-refractivity contribution is 5.94. The van der Waals surface area contributed by atoms with E-state index in [1.165, 1.54) is 12.1 Å². The van der Waals surface area contributed by atoms with Crippen LogP contribution in [0.4, 0.5) is 4.39 Å². The van der Waals surface area contributed by atoms with Crippen molar-refractivity contribution in [1.29, 1.82) is 0 Å². The van der Waals surface area contributed by atoms with Crippen LogP contribution in [0.5, 0.6) is 0 Å². The molecule has 0 aromatic heterocycles. The average Bonchev–Trinajstić information content (AvgIpc) is 2.48. The number of benzene rings is 1. The zero-order valence-corrected chi connectivity index (χ0v) is 12.9. The molecular formula is C17H22FNO3. The monoisotopic (exact) mass is 307 g/mol. The van der Waals surface area contributed by atoms with Gasteiger partial charge in [0.2, 0.25) is 0 Å². The number of carbonyl (C=O) groups excluding carboxylic acids is 1. The molecule has 5 heteroatoms. The molecule has 1 aromatic carbocycles. The summed E-state index contributed by atoms with van der Waals surface area (Å²) >= 11 is 0. The quantitative estimate of drug-likeness (QED) is 0.879. The molecule has 0 saturated heterocycles. The maximum Gasteiger partial charge on any atom is 0.250 e. The number of allylic oxidation sites excluding steroid dienone is 1. The number of hydrogen-bond acceptors (Lipinski definition) is 3. The topological polar surface area (TPSA) is 58.6 Å². The Labute approximate surface area is 130 Å². The average molecular weight is 307 g/mol. The molecule has 1 heterocycles. The van der Waals surface area contributed by atoms with Gasteiger partial charge in [-0.3, -0.25) is 4.79 Å². The minimum absolute atomic E-state index is 0.143. The number of carbonyl (C=O) groups is 1. The third kappa shape index (κ3) is 4.31. The highest BCUT2D eigenvalue weighted by Gasteiger charge is 2.20.